The number of nitrogens with one attached hydrogen (secondary N) is 1. The molecule has 1 aromatic carbocycles. The van der Waals surface area contributed by atoms with E-state index in [1.807, 2.05) is 0 Å². The summed E-state index contributed by atoms with van der Waals surface area (Å²) in [7, 11) is 2.19. The summed E-state index contributed by atoms with van der Waals surface area (Å²) in [5.74, 6) is 0.977. The lowest BCUT2D eigenvalue weighted by Crippen LogP contribution is -2.32. The zero-order valence-corrected chi connectivity index (χ0v) is 14.1. The highest BCUT2D eigenvalue weighted by molar-refractivity contribution is 5.76. The second-order valence-corrected chi connectivity index (χ2v) is 6.56. The second-order valence-electron chi connectivity index (χ2n) is 6.56. The van der Waals surface area contributed by atoms with Gasteiger partial charge in [0.15, 0.2) is 0 Å². The smallest absolute Gasteiger partial charge is 0.220 e. The van der Waals surface area contributed by atoms with Crippen LogP contribution in [0, 0.1) is 5.92 Å². The maximum absolute atomic E-state index is 11.9. The van der Waals surface area contributed by atoms with E-state index < -0.39 is 0 Å². The van der Waals surface area contributed by atoms with Gasteiger partial charge in [-0.2, -0.15) is 0 Å². The fourth-order valence-corrected chi connectivity index (χ4v) is 3.05. The van der Waals surface area contributed by atoms with Crippen molar-refractivity contribution >= 4 is 5.91 Å². The molecule has 0 aromatic heterocycles. The quantitative estimate of drug-likeness (QED) is 0.839. The van der Waals surface area contributed by atoms with Crippen LogP contribution < -0.4 is 5.32 Å². The van der Waals surface area contributed by atoms with Gasteiger partial charge in [0, 0.05) is 13.0 Å². The maximum atomic E-state index is 11.9. The van der Waals surface area contributed by atoms with Gasteiger partial charge in [-0.1, -0.05) is 31.2 Å². The van der Waals surface area contributed by atoms with E-state index in [1.54, 1.807) is 0 Å². The zero-order chi connectivity index (χ0) is 15.8. The number of benzene rings is 1. The van der Waals surface area contributed by atoms with Crippen molar-refractivity contribution < 1.29 is 4.79 Å². The molecule has 3 nitrogen and oxygen atoms in total. The SMILES string of the molecule is CCc1ccc(CCC(=O)NCCC2CCN(C)CC2)cc1. The normalized spacial score (nSPS) is 16.6. The summed E-state index contributed by atoms with van der Waals surface area (Å²) in [5, 5.41) is 3.08. The van der Waals surface area contributed by atoms with Gasteiger partial charge in [-0.25, -0.2) is 0 Å². The number of hydrogen-bond acceptors (Lipinski definition) is 2. The van der Waals surface area contributed by atoms with Crippen LogP contribution in [0.2, 0.25) is 0 Å². The largest absolute Gasteiger partial charge is 0.356 e. The molecule has 0 bridgehead atoms. The zero-order valence-electron chi connectivity index (χ0n) is 14.1. The van der Waals surface area contributed by atoms with Crippen molar-refractivity contribution in [2.24, 2.45) is 5.92 Å². The fourth-order valence-electron chi connectivity index (χ4n) is 3.05. The van der Waals surface area contributed by atoms with Crippen molar-refractivity contribution in [1.82, 2.24) is 10.2 Å². The van der Waals surface area contributed by atoms with Crippen LogP contribution in [0.4, 0.5) is 0 Å². The molecule has 1 aromatic rings. The molecule has 2 rings (SSSR count). The first kappa shape index (κ1) is 17.0. The lowest BCUT2D eigenvalue weighted by Gasteiger charge is -2.28. The molecule has 0 atom stereocenters. The predicted molar refractivity (Wildman–Crippen MR) is 92.0 cm³/mol. The molecule has 3 heteroatoms. The van der Waals surface area contributed by atoms with E-state index in [0.29, 0.717) is 6.42 Å². The Bertz CT molecular complexity index is 447. The van der Waals surface area contributed by atoms with E-state index in [-0.39, 0.29) is 5.91 Å². The van der Waals surface area contributed by atoms with Gasteiger partial charge in [-0.15, -0.1) is 0 Å². The number of carbonyl (C=O) groups is 1. The van der Waals surface area contributed by atoms with Crippen molar-refractivity contribution in [3.8, 4) is 0 Å². The third kappa shape index (κ3) is 5.80. The van der Waals surface area contributed by atoms with Gasteiger partial charge < -0.3 is 10.2 Å². The van der Waals surface area contributed by atoms with E-state index in [2.05, 4.69) is 48.5 Å². The molecule has 0 radical (unpaired) electrons. The van der Waals surface area contributed by atoms with Crippen LogP contribution in [-0.2, 0) is 17.6 Å². The highest BCUT2D eigenvalue weighted by Crippen LogP contribution is 2.18. The third-order valence-electron chi connectivity index (χ3n) is 4.78. The van der Waals surface area contributed by atoms with Gasteiger partial charge in [0.1, 0.15) is 0 Å². The molecular formula is C19H30N2O. The lowest BCUT2D eigenvalue weighted by atomic mass is 9.94. The first-order valence-corrected chi connectivity index (χ1v) is 8.70. The Balaban J connectivity index is 1.59. The molecule has 1 fully saturated rings. The van der Waals surface area contributed by atoms with Gasteiger partial charge in [0.2, 0.25) is 5.91 Å². The van der Waals surface area contributed by atoms with Crippen LogP contribution >= 0.6 is 0 Å². The standard InChI is InChI=1S/C19H30N2O/c1-3-16-4-6-17(7-5-16)8-9-19(22)20-13-10-18-11-14-21(2)15-12-18/h4-7,18H,3,8-15H2,1-2H3,(H,20,22). The first-order valence-electron chi connectivity index (χ1n) is 8.70. The molecule has 1 aliphatic rings. The van der Waals surface area contributed by atoms with E-state index in [0.717, 1.165) is 31.7 Å². The van der Waals surface area contributed by atoms with E-state index in [4.69, 9.17) is 0 Å². The monoisotopic (exact) mass is 302 g/mol. The van der Waals surface area contributed by atoms with Crippen molar-refractivity contribution in [1.29, 1.82) is 0 Å². The Morgan fingerprint density at radius 3 is 2.45 bits per heavy atom. The van der Waals surface area contributed by atoms with Crippen molar-refractivity contribution in [3.63, 3.8) is 0 Å². The van der Waals surface area contributed by atoms with E-state index in [9.17, 15) is 4.79 Å². The number of amides is 1. The van der Waals surface area contributed by atoms with Crippen LogP contribution in [-0.4, -0.2) is 37.5 Å². The summed E-state index contributed by atoms with van der Waals surface area (Å²) in [6.45, 7) is 5.40. The minimum atomic E-state index is 0.187. The topological polar surface area (TPSA) is 32.3 Å². The van der Waals surface area contributed by atoms with E-state index >= 15 is 0 Å². The summed E-state index contributed by atoms with van der Waals surface area (Å²) in [5.41, 5.74) is 2.61. The number of piperidine rings is 1. The number of rotatable bonds is 7. The number of likely N-dealkylation sites (tertiary alicyclic amines) is 1. The number of nitrogens with zero attached hydrogens (tertiary/aromatic N) is 1. The van der Waals surface area contributed by atoms with Gasteiger partial charge >= 0.3 is 0 Å². The van der Waals surface area contributed by atoms with E-state index in [1.165, 1.54) is 37.1 Å². The van der Waals surface area contributed by atoms with Gasteiger partial charge in [-0.05, 0) is 69.3 Å². The molecule has 1 N–H and O–H groups in total. The first-order chi connectivity index (χ1) is 10.7. The molecule has 0 aliphatic carbocycles. The van der Waals surface area contributed by atoms with Crippen molar-refractivity contribution in [2.45, 2.75) is 45.4 Å². The minimum Gasteiger partial charge on any atom is -0.356 e. The van der Waals surface area contributed by atoms with Crippen LogP contribution in [0.1, 0.15) is 43.7 Å². The van der Waals surface area contributed by atoms with Gasteiger partial charge in [0.25, 0.3) is 0 Å². The minimum absolute atomic E-state index is 0.187. The highest BCUT2D eigenvalue weighted by atomic mass is 16.1. The summed E-state index contributed by atoms with van der Waals surface area (Å²) < 4.78 is 0. The Morgan fingerprint density at radius 1 is 1.18 bits per heavy atom. The van der Waals surface area contributed by atoms with Crippen molar-refractivity contribution in [3.05, 3.63) is 35.4 Å². The number of aryl methyl sites for hydroxylation is 2. The summed E-state index contributed by atoms with van der Waals surface area (Å²) >= 11 is 0. The van der Waals surface area contributed by atoms with Crippen LogP contribution in [0.25, 0.3) is 0 Å². The molecule has 1 aliphatic heterocycles. The van der Waals surface area contributed by atoms with Crippen LogP contribution in [0.3, 0.4) is 0 Å². The lowest BCUT2D eigenvalue weighted by molar-refractivity contribution is -0.121. The third-order valence-corrected chi connectivity index (χ3v) is 4.78. The molecule has 122 valence electrons. The molecule has 0 unspecified atom stereocenters. The molecule has 1 saturated heterocycles. The maximum Gasteiger partial charge on any atom is 0.220 e. The predicted octanol–water partition coefficient (Wildman–Crippen LogP) is 3.03. The average Bonchev–Trinajstić information content (AvgIpc) is 2.55. The Labute approximate surface area is 135 Å². The Morgan fingerprint density at radius 2 is 1.82 bits per heavy atom. The fraction of sp³-hybridized carbons (Fsp3) is 0.632. The molecular weight excluding hydrogens is 272 g/mol. The van der Waals surface area contributed by atoms with Crippen LogP contribution in [0.15, 0.2) is 24.3 Å². The highest BCUT2D eigenvalue weighted by Gasteiger charge is 2.16. The summed E-state index contributed by atoms with van der Waals surface area (Å²) in [6, 6.07) is 8.61. The van der Waals surface area contributed by atoms with Crippen LogP contribution in [0.5, 0.6) is 0 Å². The average molecular weight is 302 g/mol. The van der Waals surface area contributed by atoms with Crippen molar-refractivity contribution in [2.75, 3.05) is 26.7 Å². The molecule has 0 spiro atoms. The Hall–Kier alpha value is -1.35. The summed E-state index contributed by atoms with van der Waals surface area (Å²) in [6.07, 6.45) is 6.18. The van der Waals surface area contributed by atoms with Gasteiger partial charge in [0.05, 0.1) is 0 Å². The van der Waals surface area contributed by atoms with Gasteiger partial charge in [-0.3, -0.25) is 4.79 Å². The molecule has 22 heavy (non-hydrogen) atoms. The molecule has 0 saturated carbocycles. The second kappa shape index (κ2) is 8.94. The summed E-state index contributed by atoms with van der Waals surface area (Å²) in [4.78, 5) is 14.3. The molecule has 1 amide bonds. The number of carbonyl (C=O) groups excluding carboxylic acids is 1. The molecule has 1 heterocycles. The Kier molecular flexibility index (Phi) is 6.91. The number of hydrogen-bond donors (Lipinski definition) is 1.